The summed E-state index contributed by atoms with van der Waals surface area (Å²) in [5, 5.41) is 4.61. The molecule has 0 aromatic heterocycles. The average Bonchev–Trinajstić information content (AvgIpc) is 2.48. The van der Waals surface area contributed by atoms with E-state index in [2.05, 4.69) is 9.63 Å². The SMILES string of the molecule is O=S1(=O)C=C(c2ccccc2)N=N1. The fraction of sp³-hybridized carbons (Fsp3) is 0. The zero-order valence-electron chi connectivity index (χ0n) is 6.58. The zero-order chi connectivity index (χ0) is 9.31. The van der Waals surface area contributed by atoms with Crippen molar-refractivity contribution in [3.63, 3.8) is 0 Å². The van der Waals surface area contributed by atoms with Crippen LogP contribution in [-0.4, -0.2) is 8.42 Å². The van der Waals surface area contributed by atoms with Crippen molar-refractivity contribution >= 4 is 15.7 Å². The first kappa shape index (κ1) is 8.12. The van der Waals surface area contributed by atoms with Crippen molar-refractivity contribution in [1.29, 1.82) is 0 Å². The number of hydrogen-bond acceptors (Lipinski definition) is 3. The molecular formula is C8H6N2O2S. The molecule has 66 valence electrons. The predicted octanol–water partition coefficient (Wildman–Crippen LogP) is 1.78. The molecule has 2 rings (SSSR count). The molecule has 0 fully saturated rings. The lowest BCUT2D eigenvalue weighted by Crippen LogP contribution is -1.82. The van der Waals surface area contributed by atoms with E-state index in [-0.39, 0.29) is 0 Å². The summed E-state index contributed by atoms with van der Waals surface area (Å²) in [6, 6.07) is 9.05. The van der Waals surface area contributed by atoms with Crippen LogP contribution in [0.25, 0.3) is 5.70 Å². The minimum Gasteiger partial charge on any atom is -0.198 e. The second kappa shape index (κ2) is 2.77. The molecule has 0 spiro atoms. The van der Waals surface area contributed by atoms with Gasteiger partial charge in [0.25, 0.3) is 10.0 Å². The molecule has 1 aliphatic heterocycles. The number of hydrogen-bond donors (Lipinski definition) is 0. The summed E-state index contributed by atoms with van der Waals surface area (Å²) in [4.78, 5) is 0. The summed E-state index contributed by atoms with van der Waals surface area (Å²) >= 11 is 0. The Morgan fingerprint density at radius 3 is 2.31 bits per heavy atom. The van der Waals surface area contributed by atoms with E-state index in [1.165, 1.54) is 0 Å². The Labute approximate surface area is 75.7 Å². The van der Waals surface area contributed by atoms with Gasteiger partial charge in [0.1, 0.15) is 5.70 Å². The molecule has 1 aromatic carbocycles. The van der Waals surface area contributed by atoms with E-state index in [1.807, 2.05) is 18.2 Å². The standard InChI is InChI=1S/C8H6N2O2S/c11-13(12)6-8(9-10-13)7-4-2-1-3-5-7/h1-6H. The van der Waals surface area contributed by atoms with Gasteiger partial charge in [-0.05, 0) is 0 Å². The van der Waals surface area contributed by atoms with Crippen molar-refractivity contribution in [2.24, 2.45) is 9.63 Å². The lowest BCUT2D eigenvalue weighted by Gasteiger charge is -1.93. The van der Waals surface area contributed by atoms with Crippen LogP contribution in [0.3, 0.4) is 0 Å². The maximum absolute atomic E-state index is 10.9. The van der Waals surface area contributed by atoms with Gasteiger partial charge in [0.2, 0.25) is 0 Å². The first-order chi connectivity index (χ1) is 6.17. The first-order valence-corrected chi connectivity index (χ1v) is 5.13. The topological polar surface area (TPSA) is 58.9 Å². The van der Waals surface area contributed by atoms with Gasteiger partial charge in [-0.25, -0.2) is 0 Å². The second-order valence-corrected chi connectivity index (χ2v) is 3.99. The number of nitrogens with zero attached hydrogens (tertiary/aromatic N) is 2. The van der Waals surface area contributed by atoms with E-state index in [0.29, 0.717) is 5.70 Å². The minimum atomic E-state index is -3.45. The summed E-state index contributed by atoms with van der Waals surface area (Å²) in [7, 11) is -3.45. The van der Waals surface area contributed by atoms with E-state index in [9.17, 15) is 8.42 Å². The van der Waals surface area contributed by atoms with Gasteiger partial charge in [-0.1, -0.05) is 34.9 Å². The number of rotatable bonds is 1. The van der Waals surface area contributed by atoms with Gasteiger partial charge >= 0.3 is 0 Å². The summed E-state index contributed by atoms with van der Waals surface area (Å²) in [5.41, 5.74) is 1.15. The van der Waals surface area contributed by atoms with Gasteiger partial charge in [-0.3, -0.25) is 0 Å². The quantitative estimate of drug-likeness (QED) is 0.684. The summed E-state index contributed by atoms with van der Waals surface area (Å²) in [6.07, 6.45) is 0. The predicted molar refractivity (Wildman–Crippen MR) is 48.2 cm³/mol. The van der Waals surface area contributed by atoms with Crippen LogP contribution in [0.5, 0.6) is 0 Å². The highest BCUT2D eigenvalue weighted by atomic mass is 32.2. The van der Waals surface area contributed by atoms with E-state index < -0.39 is 10.0 Å². The Hall–Kier alpha value is -1.49. The number of benzene rings is 1. The molecule has 0 aliphatic carbocycles. The van der Waals surface area contributed by atoms with Crippen LogP contribution in [0.2, 0.25) is 0 Å². The van der Waals surface area contributed by atoms with Crippen molar-refractivity contribution < 1.29 is 8.42 Å². The molecule has 1 heterocycles. The van der Waals surface area contributed by atoms with Crippen LogP contribution >= 0.6 is 0 Å². The summed E-state index contributed by atoms with van der Waals surface area (Å²) in [5.74, 6) is 0. The smallest absolute Gasteiger partial charge is 0.198 e. The fourth-order valence-corrected chi connectivity index (χ4v) is 1.74. The van der Waals surface area contributed by atoms with Crippen LogP contribution in [0.15, 0.2) is 45.4 Å². The Kier molecular flexibility index (Phi) is 1.73. The molecule has 1 aliphatic rings. The molecule has 0 saturated carbocycles. The van der Waals surface area contributed by atoms with E-state index >= 15 is 0 Å². The summed E-state index contributed by atoms with van der Waals surface area (Å²) in [6.45, 7) is 0. The van der Waals surface area contributed by atoms with Gasteiger partial charge in [-0.15, -0.1) is 5.11 Å². The molecule has 0 amide bonds. The first-order valence-electron chi connectivity index (χ1n) is 3.62. The third kappa shape index (κ3) is 1.65. The lowest BCUT2D eigenvalue weighted by atomic mass is 10.2. The summed E-state index contributed by atoms with van der Waals surface area (Å²) < 4.78 is 24.9. The maximum atomic E-state index is 10.9. The molecule has 0 N–H and O–H groups in total. The Bertz CT molecular complexity index is 474. The van der Waals surface area contributed by atoms with Crippen LogP contribution in [0, 0.1) is 0 Å². The zero-order valence-corrected chi connectivity index (χ0v) is 7.40. The molecule has 0 bridgehead atoms. The largest absolute Gasteiger partial charge is 0.295 e. The molecule has 13 heavy (non-hydrogen) atoms. The lowest BCUT2D eigenvalue weighted by molar-refractivity contribution is 0.605. The molecule has 0 saturated heterocycles. The second-order valence-electron chi connectivity index (χ2n) is 2.57. The molecule has 0 atom stereocenters. The maximum Gasteiger partial charge on any atom is 0.295 e. The van der Waals surface area contributed by atoms with E-state index in [4.69, 9.17) is 0 Å². The van der Waals surface area contributed by atoms with Crippen molar-refractivity contribution in [1.82, 2.24) is 0 Å². The van der Waals surface area contributed by atoms with Gasteiger partial charge < -0.3 is 0 Å². The van der Waals surface area contributed by atoms with Crippen molar-refractivity contribution in [2.75, 3.05) is 0 Å². The molecule has 4 nitrogen and oxygen atoms in total. The fourth-order valence-electron chi connectivity index (χ4n) is 1.02. The highest BCUT2D eigenvalue weighted by Crippen LogP contribution is 2.23. The van der Waals surface area contributed by atoms with Gasteiger partial charge in [0.05, 0.1) is 5.41 Å². The number of sulfonamides is 1. The molecular weight excluding hydrogens is 188 g/mol. The normalized spacial score (nSPS) is 18.6. The third-order valence-corrected chi connectivity index (χ3v) is 2.42. The van der Waals surface area contributed by atoms with Crippen LogP contribution in [0.1, 0.15) is 5.56 Å². The monoisotopic (exact) mass is 194 g/mol. The molecule has 5 heteroatoms. The van der Waals surface area contributed by atoms with Crippen LogP contribution < -0.4 is 0 Å². The van der Waals surface area contributed by atoms with Crippen LogP contribution in [0.4, 0.5) is 0 Å². The van der Waals surface area contributed by atoms with Gasteiger partial charge in [-0.2, -0.15) is 8.42 Å². The highest BCUT2D eigenvalue weighted by molar-refractivity contribution is 7.93. The van der Waals surface area contributed by atoms with Gasteiger partial charge in [0, 0.05) is 5.56 Å². The third-order valence-electron chi connectivity index (χ3n) is 1.59. The molecule has 0 unspecified atom stereocenters. The highest BCUT2D eigenvalue weighted by Gasteiger charge is 2.15. The minimum absolute atomic E-state index is 0.389. The Morgan fingerprint density at radius 1 is 1.08 bits per heavy atom. The Balaban J connectivity index is 2.48. The molecule has 0 radical (unpaired) electrons. The van der Waals surface area contributed by atoms with Crippen molar-refractivity contribution in [3.8, 4) is 0 Å². The van der Waals surface area contributed by atoms with E-state index in [0.717, 1.165) is 11.0 Å². The van der Waals surface area contributed by atoms with E-state index in [1.54, 1.807) is 12.1 Å². The van der Waals surface area contributed by atoms with Gasteiger partial charge in [0.15, 0.2) is 0 Å². The molecule has 1 aromatic rings. The van der Waals surface area contributed by atoms with Crippen molar-refractivity contribution in [2.45, 2.75) is 0 Å². The van der Waals surface area contributed by atoms with Crippen molar-refractivity contribution in [3.05, 3.63) is 41.3 Å². The Morgan fingerprint density at radius 2 is 1.77 bits per heavy atom. The van der Waals surface area contributed by atoms with Crippen LogP contribution in [-0.2, 0) is 10.0 Å². The average molecular weight is 194 g/mol.